The lowest BCUT2D eigenvalue weighted by molar-refractivity contribution is -0.226. The first-order chi connectivity index (χ1) is 12.8. The van der Waals surface area contributed by atoms with Crippen LogP contribution in [0.15, 0.2) is 0 Å². The molecule has 8 heteroatoms. The smallest absolute Gasteiger partial charge is 0.271 e. The van der Waals surface area contributed by atoms with Crippen LogP contribution >= 0.6 is 0 Å². The summed E-state index contributed by atoms with van der Waals surface area (Å²) in [6.07, 6.45) is 4.70. The molecule has 0 bridgehead atoms. The monoisotopic (exact) mass is 376 g/mol. The quantitative estimate of drug-likeness (QED) is 0.568. The summed E-state index contributed by atoms with van der Waals surface area (Å²) < 4.78 is 43.2. The fourth-order valence-electron chi connectivity index (χ4n) is 3.56. The van der Waals surface area contributed by atoms with E-state index in [2.05, 4.69) is 0 Å². The van der Waals surface area contributed by atoms with Crippen LogP contribution in [0.4, 0.5) is 0 Å². The third kappa shape index (κ3) is 6.38. The molecule has 3 aliphatic rings. The minimum absolute atomic E-state index is 0.0239. The molecule has 1 saturated carbocycles. The lowest BCUT2D eigenvalue weighted by Gasteiger charge is -2.28. The molecule has 2 saturated heterocycles. The molecule has 0 aromatic carbocycles. The van der Waals surface area contributed by atoms with E-state index in [1.165, 1.54) is 25.7 Å². The zero-order chi connectivity index (χ0) is 18.2. The van der Waals surface area contributed by atoms with Gasteiger partial charge in [-0.2, -0.15) is 0 Å². The van der Waals surface area contributed by atoms with E-state index in [1.54, 1.807) is 14.2 Å². The number of rotatable bonds is 10. The van der Waals surface area contributed by atoms with Crippen LogP contribution in [0.1, 0.15) is 25.7 Å². The minimum Gasteiger partial charge on any atom is -0.378 e. The SMILES string of the molecule is COC1OCC(COCC2CCC(COCC3COC(OC)O3)CC2)O1. The van der Waals surface area contributed by atoms with Crippen molar-refractivity contribution < 1.29 is 37.9 Å². The van der Waals surface area contributed by atoms with Crippen molar-refractivity contribution in [2.75, 3.05) is 53.9 Å². The van der Waals surface area contributed by atoms with Crippen molar-refractivity contribution in [2.24, 2.45) is 11.8 Å². The van der Waals surface area contributed by atoms with Crippen LogP contribution in [0.25, 0.3) is 0 Å². The predicted molar refractivity (Wildman–Crippen MR) is 90.3 cm³/mol. The summed E-state index contributed by atoms with van der Waals surface area (Å²) in [4.78, 5) is 0. The molecule has 2 aliphatic heterocycles. The van der Waals surface area contributed by atoms with E-state index in [0.29, 0.717) is 38.3 Å². The molecule has 3 rings (SSSR count). The third-order valence-electron chi connectivity index (χ3n) is 5.11. The van der Waals surface area contributed by atoms with Crippen LogP contribution in [-0.4, -0.2) is 79.0 Å². The first kappa shape index (κ1) is 20.4. The molecule has 3 fully saturated rings. The van der Waals surface area contributed by atoms with Gasteiger partial charge in [0.2, 0.25) is 0 Å². The van der Waals surface area contributed by atoms with Gasteiger partial charge in [0.15, 0.2) is 0 Å². The van der Waals surface area contributed by atoms with Crippen molar-refractivity contribution in [1.29, 1.82) is 0 Å². The molecule has 0 aromatic heterocycles. The maximum atomic E-state index is 5.82. The van der Waals surface area contributed by atoms with Gasteiger partial charge in [-0.05, 0) is 37.5 Å². The van der Waals surface area contributed by atoms with Gasteiger partial charge in [-0.15, -0.1) is 0 Å². The molecule has 4 atom stereocenters. The van der Waals surface area contributed by atoms with Crippen molar-refractivity contribution in [1.82, 2.24) is 0 Å². The van der Waals surface area contributed by atoms with Crippen LogP contribution < -0.4 is 0 Å². The maximum Gasteiger partial charge on any atom is 0.271 e. The molecule has 4 unspecified atom stereocenters. The van der Waals surface area contributed by atoms with E-state index < -0.39 is 13.0 Å². The first-order valence-corrected chi connectivity index (χ1v) is 9.52. The van der Waals surface area contributed by atoms with E-state index in [0.717, 1.165) is 13.2 Å². The van der Waals surface area contributed by atoms with Crippen LogP contribution in [0, 0.1) is 11.8 Å². The molecule has 1 aliphatic carbocycles. The Morgan fingerprint density at radius 2 is 1.08 bits per heavy atom. The molecule has 152 valence electrons. The van der Waals surface area contributed by atoms with Crippen molar-refractivity contribution in [3.8, 4) is 0 Å². The second-order valence-electron chi connectivity index (χ2n) is 7.19. The highest BCUT2D eigenvalue weighted by molar-refractivity contribution is 4.73. The van der Waals surface area contributed by atoms with Crippen molar-refractivity contribution in [2.45, 2.75) is 50.8 Å². The van der Waals surface area contributed by atoms with Crippen LogP contribution in [-0.2, 0) is 37.9 Å². The zero-order valence-corrected chi connectivity index (χ0v) is 15.8. The normalized spacial score (nSPS) is 38.1. The Kier molecular flexibility index (Phi) is 8.54. The average Bonchev–Trinajstić information content (AvgIpc) is 3.32. The van der Waals surface area contributed by atoms with E-state index >= 15 is 0 Å². The molecule has 0 spiro atoms. The maximum absolute atomic E-state index is 5.82. The molecule has 0 aromatic rings. The highest BCUT2D eigenvalue weighted by atomic mass is 16.9. The minimum atomic E-state index is -0.541. The van der Waals surface area contributed by atoms with Crippen molar-refractivity contribution in [3.05, 3.63) is 0 Å². The predicted octanol–water partition coefficient (Wildman–Crippen LogP) is 1.52. The van der Waals surface area contributed by atoms with Gasteiger partial charge in [0.25, 0.3) is 13.0 Å². The van der Waals surface area contributed by atoms with Crippen LogP contribution in [0.3, 0.4) is 0 Å². The molecular formula is C18H32O8. The zero-order valence-electron chi connectivity index (χ0n) is 15.8. The van der Waals surface area contributed by atoms with Crippen LogP contribution in [0.5, 0.6) is 0 Å². The Bertz CT molecular complexity index is 351. The van der Waals surface area contributed by atoms with Crippen molar-refractivity contribution >= 4 is 0 Å². The number of ether oxygens (including phenoxy) is 8. The fourth-order valence-corrected chi connectivity index (χ4v) is 3.56. The van der Waals surface area contributed by atoms with Gasteiger partial charge in [-0.3, -0.25) is 0 Å². The topological polar surface area (TPSA) is 73.8 Å². The Morgan fingerprint density at radius 3 is 1.42 bits per heavy atom. The fraction of sp³-hybridized carbons (Fsp3) is 1.00. The summed E-state index contributed by atoms with van der Waals surface area (Å²) in [5, 5.41) is 0. The molecule has 26 heavy (non-hydrogen) atoms. The standard InChI is InChI=1S/C18H32O8/c1-19-17-23-11-15(25-17)9-21-7-13-3-5-14(6-4-13)8-22-10-16-12-24-18(20-2)26-16/h13-18H,3-12H2,1-2H3. The van der Waals surface area contributed by atoms with Gasteiger partial charge in [0.05, 0.1) is 26.4 Å². The summed E-state index contributed by atoms with van der Waals surface area (Å²) >= 11 is 0. The second-order valence-corrected chi connectivity index (χ2v) is 7.19. The van der Waals surface area contributed by atoms with E-state index in [9.17, 15) is 0 Å². The lowest BCUT2D eigenvalue weighted by Crippen LogP contribution is -2.26. The van der Waals surface area contributed by atoms with Gasteiger partial charge in [0, 0.05) is 27.4 Å². The molecule has 8 nitrogen and oxygen atoms in total. The van der Waals surface area contributed by atoms with Gasteiger partial charge >= 0.3 is 0 Å². The van der Waals surface area contributed by atoms with Gasteiger partial charge in [-0.25, -0.2) is 0 Å². The van der Waals surface area contributed by atoms with E-state index in [1.807, 2.05) is 0 Å². The van der Waals surface area contributed by atoms with Gasteiger partial charge < -0.3 is 37.9 Å². The van der Waals surface area contributed by atoms with Crippen molar-refractivity contribution in [3.63, 3.8) is 0 Å². The highest BCUT2D eigenvalue weighted by Gasteiger charge is 2.28. The van der Waals surface area contributed by atoms with E-state index in [4.69, 9.17) is 37.9 Å². The van der Waals surface area contributed by atoms with Crippen LogP contribution in [0.2, 0.25) is 0 Å². The largest absolute Gasteiger partial charge is 0.378 e. The molecular weight excluding hydrogens is 344 g/mol. The number of hydrogen-bond acceptors (Lipinski definition) is 8. The second kappa shape index (κ2) is 10.9. The summed E-state index contributed by atoms with van der Waals surface area (Å²) in [7, 11) is 3.14. The molecule has 0 amide bonds. The summed E-state index contributed by atoms with van der Waals surface area (Å²) in [5.74, 6) is 1.25. The third-order valence-corrected chi connectivity index (χ3v) is 5.11. The Morgan fingerprint density at radius 1 is 0.654 bits per heavy atom. The summed E-state index contributed by atoms with van der Waals surface area (Å²) in [6.45, 7) is 2.69. The molecule has 2 heterocycles. The summed E-state index contributed by atoms with van der Waals surface area (Å²) in [5.41, 5.74) is 0. The Labute approximate surface area is 155 Å². The molecule has 0 radical (unpaired) electrons. The first-order valence-electron chi connectivity index (χ1n) is 9.52. The van der Waals surface area contributed by atoms with E-state index in [-0.39, 0.29) is 12.2 Å². The average molecular weight is 376 g/mol. The number of hydrogen-bond donors (Lipinski definition) is 0. The lowest BCUT2D eigenvalue weighted by atomic mass is 9.83. The number of methoxy groups -OCH3 is 2. The van der Waals surface area contributed by atoms with Gasteiger partial charge in [-0.1, -0.05) is 0 Å². The Balaban J connectivity index is 1.19. The highest BCUT2D eigenvalue weighted by Crippen LogP contribution is 2.29. The summed E-state index contributed by atoms with van der Waals surface area (Å²) in [6, 6.07) is 0. The Hall–Kier alpha value is -0.320. The molecule has 0 N–H and O–H groups in total. The van der Waals surface area contributed by atoms with Gasteiger partial charge in [0.1, 0.15) is 12.2 Å².